The minimum atomic E-state index is 0.219. The highest BCUT2D eigenvalue weighted by atomic mass is 15.3. The molecule has 1 atom stereocenters. The Morgan fingerprint density at radius 3 is 2.62 bits per heavy atom. The van der Waals surface area contributed by atoms with Gasteiger partial charge in [-0.15, -0.1) is 0 Å². The zero-order valence-corrected chi connectivity index (χ0v) is 13.0. The van der Waals surface area contributed by atoms with Crippen LogP contribution in [0.1, 0.15) is 23.0 Å². The first-order chi connectivity index (χ1) is 10.1. The maximum Gasteiger partial charge on any atom is 0.0722 e. The molecule has 0 saturated heterocycles. The molecule has 1 aromatic carbocycles. The quantitative estimate of drug-likeness (QED) is 0.798. The average Bonchev–Trinajstić information content (AvgIpc) is 2.99. The van der Waals surface area contributed by atoms with Crippen LogP contribution in [-0.4, -0.2) is 26.6 Å². The van der Waals surface area contributed by atoms with E-state index in [1.807, 2.05) is 36.7 Å². The molecule has 0 radical (unpaired) electrons. The van der Waals surface area contributed by atoms with Crippen LogP contribution in [0.15, 0.2) is 30.5 Å². The van der Waals surface area contributed by atoms with Crippen LogP contribution in [0.5, 0.6) is 0 Å². The summed E-state index contributed by atoms with van der Waals surface area (Å²) in [4.78, 5) is 0. The Balaban J connectivity index is 1.98. The minimum Gasteiger partial charge on any atom is -0.313 e. The van der Waals surface area contributed by atoms with Crippen molar-refractivity contribution in [2.45, 2.75) is 19.4 Å². The van der Waals surface area contributed by atoms with Crippen LogP contribution >= 0.6 is 0 Å². The second-order valence-electron chi connectivity index (χ2n) is 5.44. The number of fused-ring (bicyclic) bond motifs is 1. The van der Waals surface area contributed by atoms with E-state index < -0.39 is 0 Å². The van der Waals surface area contributed by atoms with Crippen molar-refractivity contribution < 1.29 is 0 Å². The van der Waals surface area contributed by atoms with Gasteiger partial charge in [-0.25, -0.2) is 0 Å². The molecule has 3 rings (SSSR count). The minimum absolute atomic E-state index is 0.219. The Hall–Kier alpha value is -2.14. The predicted octanol–water partition coefficient (Wildman–Crippen LogP) is 2.12. The SMILES string of the molecule is CNC(Cc1nn(C)c2ccccc12)c1cnn(C)c1C. The second-order valence-corrected chi connectivity index (χ2v) is 5.44. The summed E-state index contributed by atoms with van der Waals surface area (Å²) >= 11 is 0. The first-order valence-electron chi connectivity index (χ1n) is 7.18. The average molecular weight is 283 g/mol. The van der Waals surface area contributed by atoms with E-state index in [1.165, 1.54) is 22.2 Å². The molecule has 0 amide bonds. The number of hydrogen-bond donors (Lipinski definition) is 1. The molecule has 0 aliphatic heterocycles. The van der Waals surface area contributed by atoms with Gasteiger partial charge in [-0.1, -0.05) is 18.2 Å². The van der Waals surface area contributed by atoms with E-state index in [0.717, 1.165) is 12.1 Å². The number of hydrogen-bond acceptors (Lipinski definition) is 3. The van der Waals surface area contributed by atoms with Crippen molar-refractivity contribution in [3.63, 3.8) is 0 Å². The summed E-state index contributed by atoms with van der Waals surface area (Å²) < 4.78 is 3.86. The lowest BCUT2D eigenvalue weighted by molar-refractivity contribution is 0.575. The fourth-order valence-corrected chi connectivity index (χ4v) is 2.86. The lowest BCUT2D eigenvalue weighted by atomic mass is 10.0. The molecule has 0 aliphatic rings. The van der Waals surface area contributed by atoms with Gasteiger partial charge < -0.3 is 5.32 Å². The van der Waals surface area contributed by atoms with Gasteiger partial charge in [0.1, 0.15) is 0 Å². The lowest BCUT2D eigenvalue weighted by Gasteiger charge is -2.15. The molecule has 1 unspecified atom stereocenters. The number of rotatable bonds is 4. The molecule has 2 heterocycles. The van der Waals surface area contributed by atoms with E-state index in [-0.39, 0.29) is 6.04 Å². The highest BCUT2D eigenvalue weighted by molar-refractivity contribution is 5.81. The highest BCUT2D eigenvalue weighted by Gasteiger charge is 2.18. The number of aromatic nitrogens is 4. The van der Waals surface area contributed by atoms with Gasteiger partial charge in [0.15, 0.2) is 0 Å². The van der Waals surface area contributed by atoms with Gasteiger partial charge in [-0.2, -0.15) is 10.2 Å². The predicted molar refractivity (Wildman–Crippen MR) is 84.2 cm³/mol. The molecule has 0 fully saturated rings. The van der Waals surface area contributed by atoms with Crippen molar-refractivity contribution in [2.75, 3.05) is 7.05 Å². The summed E-state index contributed by atoms with van der Waals surface area (Å²) in [6, 6.07) is 8.58. The molecule has 0 aliphatic carbocycles. The van der Waals surface area contributed by atoms with Crippen LogP contribution in [0.3, 0.4) is 0 Å². The number of aryl methyl sites for hydroxylation is 2. The van der Waals surface area contributed by atoms with Crippen LogP contribution < -0.4 is 5.32 Å². The van der Waals surface area contributed by atoms with Crippen molar-refractivity contribution in [1.82, 2.24) is 24.9 Å². The fraction of sp³-hybridized carbons (Fsp3) is 0.375. The molecule has 5 heteroatoms. The maximum absolute atomic E-state index is 4.69. The van der Waals surface area contributed by atoms with Crippen LogP contribution in [0.4, 0.5) is 0 Å². The summed E-state index contributed by atoms with van der Waals surface area (Å²) in [5.74, 6) is 0. The van der Waals surface area contributed by atoms with E-state index in [0.29, 0.717) is 0 Å². The van der Waals surface area contributed by atoms with Crippen molar-refractivity contribution in [3.05, 3.63) is 47.4 Å². The van der Waals surface area contributed by atoms with Gasteiger partial charge in [-0.05, 0) is 20.0 Å². The van der Waals surface area contributed by atoms with Crippen LogP contribution in [0, 0.1) is 6.92 Å². The molecule has 3 aromatic rings. The molecule has 21 heavy (non-hydrogen) atoms. The number of benzene rings is 1. The molecule has 1 N–H and O–H groups in total. The summed E-state index contributed by atoms with van der Waals surface area (Å²) in [5, 5.41) is 13.7. The summed E-state index contributed by atoms with van der Waals surface area (Å²) in [6.07, 6.45) is 2.80. The first kappa shape index (κ1) is 13.8. The van der Waals surface area contributed by atoms with Gasteiger partial charge in [0.25, 0.3) is 0 Å². The Kier molecular flexibility index (Phi) is 3.51. The van der Waals surface area contributed by atoms with Gasteiger partial charge >= 0.3 is 0 Å². The zero-order valence-electron chi connectivity index (χ0n) is 13.0. The first-order valence-corrected chi connectivity index (χ1v) is 7.18. The van der Waals surface area contributed by atoms with Crippen LogP contribution in [-0.2, 0) is 20.5 Å². The number of nitrogens with one attached hydrogen (secondary N) is 1. The van der Waals surface area contributed by atoms with Crippen molar-refractivity contribution in [2.24, 2.45) is 14.1 Å². The van der Waals surface area contributed by atoms with Crippen molar-refractivity contribution in [1.29, 1.82) is 0 Å². The zero-order chi connectivity index (χ0) is 15.0. The highest BCUT2D eigenvalue weighted by Crippen LogP contribution is 2.25. The van der Waals surface area contributed by atoms with Crippen molar-refractivity contribution in [3.8, 4) is 0 Å². The summed E-state index contributed by atoms with van der Waals surface area (Å²) in [6.45, 7) is 2.10. The van der Waals surface area contributed by atoms with Gasteiger partial charge in [0.05, 0.1) is 17.4 Å². The maximum atomic E-state index is 4.69. The standard InChI is InChI=1S/C16H21N5/c1-11-13(10-18-20(11)3)14(17-2)9-15-12-7-5-6-8-16(12)21(4)19-15/h5-8,10,14,17H,9H2,1-4H3. The molecule has 5 nitrogen and oxygen atoms in total. The molecular weight excluding hydrogens is 262 g/mol. The Morgan fingerprint density at radius 1 is 1.19 bits per heavy atom. The Bertz CT molecular complexity index is 768. The summed E-state index contributed by atoms with van der Waals surface area (Å²) in [5.41, 5.74) is 4.71. The van der Waals surface area contributed by atoms with Crippen LogP contribution in [0.2, 0.25) is 0 Å². The van der Waals surface area contributed by atoms with Crippen molar-refractivity contribution >= 4 is 10.9 Å². The third-order valence-corrected chi connectivity index (χ3v) is 4.23. The summed E-state index contributed by atoms with van der Waals surface area (Å²) in [7, 11) is 5.96. The number of likely N-dealkylation sites (N-methyl/N-ethyl adjacent to an activating group) is 1. The smallest absolute Gasteiger partial charge is 0.0722 e. The molecule has 0 spiro atoms. The van der Waals surface area contributed by atoms with Gasteiger partial charge in [0.2, 0.25) is 0 Å². The third-order valence-electron chi connectivity index (χ3n) is 4.23. The topological polar surface area (TPSA) is 47.7 Å². The van der Waals surface area contributed by atoms with E-state index in [2.05, 4.69) is 46.7 Å². The third kappa shape index (κ3) is 2.34. The van der Waals surface area contributed by atoms with E-state index in [4.69, 9.17) is 0 Å². The Labute approximate surface area is 124 Å². The van der Waals surface area contributed by atoms with Gasteiger partial charge in [0, 0.05) is 43.2 Å². The van der Waals surface area contributed by atoms with E-state index in [1.54, 1.807) is 0 Å². The van der Waals surface area contributed by atoms with Gasteiger partial charge in [-0.3, -0.25) is 9.36 Å². The largest absolute Gasteiger partial charge is 0.313 e. The normalized spacial score (nSPS) is 13.0. The fourth-order valence-electron chi connectivity index (χ4n) is 2.86. The van der Waals surface area contributed by atoms with Crippen LogP contribution in [0.25, 0.3) is 10.9 Å². The Morgan fingerprint density at radius 2 is 1.95 bits per heavy atom. The molecule has 110 valence electrons. The molecule has 2 aromatic heterocycles. The monoisotopic (exact) mass is 283 g/mol. The van der Waals surface area contributed by atoms with E-state index in [9.17, 15) is 0 Å². The molecule has 0 bridgehead atoms. The number of nitrogens with zero attached hydrogens (tertiary/aromatic N) is 4. The molecular formula is C16H21N5. The number of para-hydroxylation sites is 1. The second kappa shape index (κ2) is 5.33. The lowest BCUT2D eigenvalue weighted by Crippen LogP contribution is -2.20. The van der Waals surface area contributed by atoms with E-state index >= 15 is 0 Å². The molecule has 0 saturated carbocycles.